The molecule has 130 valence electrons. The molecule has 4 rings (SSSR count). The third-order valence-electron chi connectivity index (χ3n) is 4.83. The lowest BCUT2D eigenvalue weighted by atomic mass is 9.94. The summed E-state index contributed by atoms with van der Waals surface area (Å²) in [6.45, 7) is 5.90. The van der Waals surface area contributed by atoms with E-state index in [-0.39, 0.29) is 0 Å². The van der Waals surface area contributed by atoms with E-state index in [1.165, 1.54) is 0 Å². The number of hydrogen-bond acceptors (Lipinski definition) is 6. The molecule has 7 heteroatoms. The number of piperidine rings is 1. The van der Waals surface area contributed by atoms with Crippen LogP contribution in [0.4, 0.5) is 11.8 Å². The van der Waals surface area contributed by atoms with Crippen LogP contribution in [0.1, 0.15) is 35.8 Å². The normalized spacial score (nSPS) is 18.0. The molecule has 0 aromatic carbocycles. The van der Waals surface area contributed by atoms with Crippen LogP contribution in [0.25, 0.3) is 11.0 Å². The predicted molar refractivity (Wildman–Crippen MR) is 98.6 cm³/mol. The van der Waals surface area contributed by atoms with Crippen molar-refractivity contribution in [3.05, 3.63) is 35.3 Å². The second-order valence-corrected chi connectivity index (χ2v) is 6.85. The second-order valence-electron chi connectivity index (χ2n) is 6.85. The third kappa shape index (κ3) is 2.90. The monoisotopic (exact) mass is 337 g/mol. The molecule has 0 spiro atoms. The highest BCUT2D eigenvalue weighted by molar-refractivity contribution is 5.86. The minimum atomic E-state index is 0.360. The molecule has 1 saturated heterocycles. The molecule has 0 aliphatic carbocycles. The second kappa shape index (κ2) is 5.98. The predicted octanol–water partition coefficient (Wildman–Crippen LogP) is 2.34. The number of nitrogens with zero attached hydrogens (tertiary/aromatic N) is 6. The Morgan fingerprint density at radius 3 is 2.64 bits per heavy atom. The largest absolute Gasteiger partial charge is 0.382 e. The van der Waals surface area contributed by atoms with Gasteiger partial charge in [-0.25, -0.2) is 19.6 Å². The Morgan fingerprint density at radius 2 is 1.88 bits per heavy atom. The fraction of sp³-hybridized carbons (Fsp3) is 0.444. The summed E-state index contributed by atoms with van der Waals surface area (Å²) < 4.78 is 1.75. The minimum Gasteiger partial charge on any atom is -0.382 e. The van der Waals surface area contributed by atoms with Crippen molar-refractivity contribution >= 4 is 22.8 Å². The molecule has 1 aliphatic rings. The third-order valence-corrected chi connectivity index (χ3v) is 4.83. The van der Waals surface area contributed by atoms with E-state index in [0.717, 1.165) is 60.0 Å². The van der Waals surface area contributed by atoms with Crippen LogP contribution in [0.3, 0.4) is 0 Å². The number of fused-ring (bicyclic) bond motifs is 1. The van der Waals surface area contributed by atoms with Gasteiger partial charge >= 0.3 is 0 Å². The summed E-state index contributed by atoms with van der Waals surface area (Å²) in [4.78, 5) is 16.3. The lowest BCUT2D eigenvalue weighted by Gasteiger charge is -2.32. The summed E-state index contributed by atoms with van der Waals surface area (Å²) in [6.07, 6.45) is 2.22. The molecule has 0 saturated carbocycles. The molecule has 0 bridgehead atoms. The van der Waals surface area contributed by atoms with E-state index in [0.29, 0.717) is 11.7 Å². The van der Waals surface area contributed by atoms with Crippen molar-refractivity contribution in [2.75, 3.05) is 23.7 Å². The summed E-state index contributed by atoms with van der Waals surface area (Å²) in [5, 5.41) is 5.17. The van der Waals surface area contributed by atoms with Crippen molar-refractivity contribution in [1.82, 2.24) is 24.7 Å². The maximum atomic E-state index is 5.94. The van der Waals surface area contributed by atoms with Gasteiger partial charge in [0.05, 0.1) is 5.39 Å². The van der Waals surface area contributed by atoms with Crippen molar-refractivity contribution in [3.8, 4) is 0 Å². The van der Waals surface area contributed by atoms with Gasteiger partial charge in [-0.05, 0) is 44.9 Å². The molecule has 3 aromatic heterocycles. The molecule has 3 aromatic rings. The van der Waals surface area contributed by atoms with E-state index in [4.69, 9.17) is 10.7 Å². The number of anilines is 2. The highest BCUT2D eigenvalue weighted by Gasteiger charge is 2.25. The van der Waals surface area contributed by atoms with Crippen molar-refractivity contribution in [3.63, 3.8) is 0 Å². The van der Waals surface area contributed by atoms with Gasteiger partial charge in [0.15, 0.2) is 11.5 Å². The number of aryl methyl sites for hydroxylation is 3. The van der Waals surface area contributed by atoms with Crippen LogP contribution in [0.2, 0.25) is 0 Å². The van der Waals surface area contributed by atoms with Crippen LogP contribution < -0.4 is 10.6 Å². The smallest absolute Gasteiger partial charge is 0.225 e. The van der Waals surface area contributed by atoms with Gasteiger partial charge in [-0.2, -0.15) is 5.10 Å². The fourth-order valence-corrected chi connectivity index (χ4v) is 3.65. The molecule has 0 radical (unpaired) electrons. The van der Waals surface area contributed by atoms with Crippen LogP contribution >= 0.6 is 0 Å². The van der Waals surface area contributed by atoms with E-state index in [1.54, 1.807) is 4.68 Å². The Bertz CT molecular complexity index is 910. The molecular weight excluding hydrogens is 314 g/mol. The van der Waals surface area contributed by atoms with Gasteiger partial charge in [-0.1, -0.05) is 0 Å². The Hall–Kier alpha value is -2.70. The Balaban J connectivity index is 1.63. The first-order chi connectivity index (χ1) is 12.0. The highest BCUT2D eigenvalue weighted by atomic mass is 15.3. The van der Waals surface area contributed by atoms with Crippen LogP contribution in [-0.2, 0) is 7.05 Å². The zero-order valence-electron chi connectivity index (χ0n) is 14.9. The molecule has 2 N–H and O–H groups in total. The lowest BCUT2D eigenvalue weighted by Crippen LogP contribution is -2.36. The van der Waals surface area contributed by atoms with E-state index in [2.05, 4.69) is 26.0 Å². The van der Waals surface area contributed by atoms with E-state index in [9.17, 15) is 0 Å². The van der Waals surface area contributed by atoms with Gasteiger partial charge in [-0.15, -0.1) is 0 Å². The molecule has 1 atom stereocenters. The first-order valence-electron chi connectivity index (χ1n) is 8.67. The van der Waals surface area contributed by atoms with E-state index in [1.807, 2.05) is 33.0 Å². The SMILES string of the molecule is Cc1cc(C)nc(N2CCC[C@H](c3ccc4c(N)nn(C)c4n3)C2)n1. The standard InChI is InChI=1S/C18H23N7/c1-11-9-12(2)21-18(20-11)25-8-4-5-13(10-25)15-7-6-14-16(19)23-24(3)17(14)22-15/h6-7,9,13H,4-5,8,10H2,1-3H3,(H2,19,23)/t13-/m0/s1. The number of nitrogens with two attached hydrogens (primary N) is 1. The Kier molecular flexibility index (Phi) is 3.78. The minimum absolute atomic E-state index is 0.360. The molecule has 0 amide bonds. The summed E-state index contributed by atoms with van der Waals surface area (Å²) in [5.74, 6) is 1.72. The molecule has 1 aliphatic heterocycles. The number of nitrogen functional groups attached to an aromatic ring is 1. The topological polar surface area (TPSA) is 85.8 Å². The summed E-state index contributed by atoms with van der Waals surface area (Å²) >= 11 is 0. The molecule has 1 fully saturated rings. The van der Waals surface area contributed by atoms with Crippen LogP contribution in [0.5, 0.6) is 0 Å². The van der Waals surface area contributed by atoms with Gasteiger partial charge in [0, 0.05) is 43.1 Å². The van der Waals surface area contributed by atoms with Crippen LogP contribution in [0.15, 0.2) is 18.2 Å². The van der Waals surface area contributed by atoms with Crippen LogP contribution in [0, 0.1) is 13.8 Å². The number of rotatable bonds is 2. The maximum Gasteiger partial charge on any atom is 0.225 e. The summed E-state index contributed by atoms with van der Waals surface area (Å²) in [6, 6.07) is 6.12. The van der Waals surface area contributed by atoms with Crippen molar-refractivity contribution < 1.29 is 0 Å². The van der Waals surface area contributed by atoms with Gasteiger partial charge in [0.1, 0.15) is 0 Å². The molecule has 7 nitrogen and oxygen atoms in total. The Labute approximate surface area is 146 Å². The zero-order chi connectivity index (χ0) is 17.6. The molecular formula is C18H23N7. The van der Waals surface area contributed by atoms with Crippen molar-refractivity contribution in [2.24, 2.45) is 7.05 Å². The van der Waals surface area contributed by atoms with Crippen molar-refractivity contribution in [2.45, 2.75) is 32.6 Å². The molecule has 4 heterocycles. The lowest BCUT2D eigenvalue weighted by molar-refractivity contribution is 0.495. The molecule has 0 unspecified atom stereocenters. The summed E-state index contributed by atoms with van der Waals surface area (Å²) in [7, 11) is 1.88. The van der Waals surface area contributed by atoms with E-state index >= 15 is 0 Å². The maximum absolute atomic E-state index is 5.94. The van der Waals surface area contributed by atoms with Crippen LogP contribution in [-0.4, -0.2) is 37.8 Å². The zero-order valence-corrected chi connectivity index (χ0v) is 14.9. The average Bonchev–Trinajstić information content (AvgIpc) is 2.88. The van der Waals surface area contributed by atoms with Gasteiger partial charge in [-0.3, -0.25) is 0 Å². The highest BCUT2D eigenvalue weighted by Crippen LogP contribution is 2.29. The van der Waals surface area contributed by atoms with Gasteiger partial charge in [0.25, 0.3) is 0 Å². The quantitative estimate of drug-likeness (QED) is 0.772. The van der Waals surface area contributed by atoms with E-state index < -0.39 is 0 Å². The molecule has 25 heavy (non-hydrogen) atoms. The Morgan fingerprint density at radius 1 is 1.12 bits per heavy atom. The average molecular weight is 337 g/mol. The first kappa shape index (κ1) is 15.8. The number of hydrogen-bond donors (Lipinski definition) is 1. The van der Waals surface area contributed by atoms with Gasteiger partial charge in [0.2, 0.25) is 5.95 Å². The summed E-state index contributed by atoms with van der Waals surface area (Å²) in [5.41, 5.74) is 9.88. The fourth-order valence-electron chi connectivity index (χ4n) is 3.65. The number of aromatic nitrogens is 5. The van der Waals surface area contributed by atoms with Crippen molar-refractivity contribution in [1.29, 1.82) is 0 Å². The number of pyridine rings is 1. The van der Waals surface area contributed by atoms with Gasteiger partial charge < -0.3 is 10.6 Å². The first-order valence-corrected chi connectivity index (χ1v) is 8.67.